The predicted octanol–water partition coefficient (Wildman–Crippen LogP) is 5.51. The molecule has 6 rings (SSSR count). The number of methoxy groups -OCH3 is 2. The molecule has 0 unspecified atom stereocenters. The van der Waals surface area contributed by atoms with Gasteiger partial charge in [0, 0.05) is 6.42 Å². The minimum absolute atomic E-state index is 0.0540. The summed E-state index contributed by atoms with van der Waals surface area (Å²) < 4.78 is 18.3. The van der Waals surface area contributed by atoms with Crippen molar-refractivity contribution < 1.29 is 23.8 Å². The van der Waals surface area contributed by atoms with E-state index in [1.807, 2.05) is 84.2 Å². The van der Waals surface area contributed by atoms with Crippen molar-refractivity contribution in [2.45, 2.75) is 24.2 Å². The van der Waals surface area contributed by atoms with Gasteiger partial charge in [0.05, 0.1) is 48.8 Å². The Bertz CT molecular complexity index is 1840. The molecule has 11 nitrogen and oxygen atoms in total. The van der Waals surface area contributed by atoms with Crippen molar-refractivity contribution in [2.24, 2.45) is 5.10 Å². The Hall–Kier alpha value is -5.14. The van der Waals surface area contributed by atoms with Gasteiger partial charge in [-0.25, -0.2) is 5.01 Å². The van der Waals surface area contributed by atoms with Gasteiger partial charge in [-0.3, -0.25) is 14.2 Å². The van der Waals surface area contributed by atoms with E-state index in [4.69, 9.17) is 19.3 Å². The van der Waals surface area contributed by atoms with Crippen molar-refractivity contribution >= 4 is 40.6 Å². The molecule has 0 radical (unpaired) electrons. The van der Waals surface area contributed by atoms with Gasteiger partial charge in [-0.05, 0) is 53.4 Å². The van der Waals surface area contributed by atoms with Crippen LogP contribution >= 0.6 is 23.1 Å². The molecule has 1 aliphatic heterocycles. The van der Waals surface area contributed by atoms with Crippen LogP contribution in [0.5, 0.6) is 17.2 Å². The molecule has 2 amide bonds. The van der Waals surface area contributed by atoms with E-state index >= 15 is 0 Å². The summed E-state index contributed by atoms with van der Waals surface area (Å²) in [6, 6.07) is 28.0. The fourth-order valence-corrected chi connectivity index (χ4v) is 6.61. The predicted molar refractivity (Wildman–Crippen MR) is 180 cm³/mol. The number of nitrogens with zero attached hydrogens (tertiary/aromatic N) is 5. The van der Waals surface area contributed by atoms with Gasteiger partial charge in [0.15, 0.2) is 17.6 Å². The largest absolute Gasteiger partial charge is 0.497 e. The van der Waals surface area contributed by atoms with Gasteiger partial charge in [-0.15, -0.1) is 21.5 Å². The van der Waals surface area contributed by atoms with E-state index in [1.54, 1.807) is 47.3 Å². The minimum Gasteiger partial charge on any atom is -0.497 e. The molecule has 13 heteroatoms. The Morgan fingerprint density at radius 2 is 1.70 bits per heavy atom. The third kappa shape index (κ3) is 7.47. The maximum absolute atomic E-state index is 13.8. The standard InChI is InChI=1S/C34H32N6O5S2/c1-43-24-16-14-23(15-17-24)28-19-26(30-13-8-18-46-30)38-40(28)33(42)22-47-34-37-36-31(39(34)27-11-6-7-12-29(27)44-2)20-35-32(41)21-45-25-9-4-3-5-10-25/h3-18,28H,19-22H2,1-2H3,(H,35,41)/t28-/m1/s1. The third-order valence-corrected chi connectivity index (χ3v) is 9.21. The fraction of sp³-hybridized carbons (Fsp3) is 0.206. The number of carbonyl (C=O) groups excluding carboxylic acids is 2. The number of aromatic nitrogens is 3. The van der Waals surface area contributed by atoms with Crippen LogP contribution in [-0.2, 0) is 16.1 Å². The number of thioether (sulfide) groups is 1. The molecule has 0 fully saturated rings. The van der Waals surface area contributed by atoms with Crippen LogP contribution in [0, 0.1) is 0 Å². The number of benzene rings is 3. The van der Waals surface area contributed by atoms with Gasteiger partial charge in [0.2, 0.25) is 0 Å². The number of hydrogen-bond donors (Lipinski definition) is 1. The zero-order valence-electron chi connectivity index (χ0n) is 25.7. The first-order chi connectivity index (χ1) is 23.0. The lowest BCUT2D eigenvalue weighted by molar-refractivity contribution is -0.130. The first-order valence-corrected chi connectivity index (χ1v) is 16.6. The monoisotopic (exact) mass is 668 g/mol. The highest BCUT2D eigenvalue weighted by atomic mass is 32.2. The molecular formula is C34H32N6O5S2. The first-order valence-electron chi connectivity index (χ1n) is 14.8. The number of para-hydroxylation sites is 3. The molecule has 0 saturated carbocycles. The SMILES string of the molecule is COc1ccc([C@H]2CC(c3cccs3)=NN2C(=O)CSc2nnc(CNC(=O)COc3ccccc3)n2-c2ccccc2OC)cc1. The van der Waals surface area contributed by atoms with Crippen LogP contribution in [0.3, 0.4) is 0 Å². The molecule has 3 heterocycles. The number of nitrogens with one attached hydrogen (secondary N) is 1. The van der Waals surface area contributed by atoms with Crippen molar-refractivity contribution in [2.75, 3.05) is 26.6 Å². The molecule has 1 aliphatic rings. The van der Waals surface area contributed by atoms with Crippen molar-refractivity contribution in [3.8, 4) is 22.9 Å². The number of hydrogen-bond acceptors (Lipinski definition) is 10. The topological polar surface area (TPSA) is 120 Å². The summed E-state index contributed by atoms with van der Waals surface area (Å²) in [4.78, 5) is 27.5. The van der Waals surface area contributed by atoms with Gasteiger partial charge in [-0.1, -0.05) is 60.3 Å². The molecule has 0 bridgehead atoms. The fourth-order valence-electron chi connectivity index (χ4n) is 5.07. The summed E-state index contributed by atoms with van der Waals surface area (Å²) in [7, 11) is 3.21. The molecule has 3 aromatic carbocycles. The van der Waals surface area contributed by atoms with Gasteiger partial charge >= 0.3 is 0 Å². The normalized spacial score (nSPS) is 14.0. The van der Waals surface area contributed by atoms with Crippen LogP contribution in [-0.4, -0.2) is 63.9 Å². The van der Waals surface area contributed by atoms with E-state index in [-0.39, 0.29) is 36.8 Å². The molecule has 240 valence electrons. The van der Waals surface area contributed by atoms with Crippen molar-refractivity contribution in [1.82, 2.24) is 25.1 Å². The quantitative estimate of drug-likeness (QED) is 0.163. The number of hydrazone groups is 1. The van der Waals surface area contributed by atoms with Crippen LogP contribution < -0.4 is 19.5 Å². The molecule has 1 atom stereocenters. The van der Waals surface area contributed by atoms with Crippen LogP contribution in [0.4, 0.5) is 0 Å². The van der Waals surface area contributed by atoms with Crippen molar-refractivity contribution in [3.05, 3.63) is 113 Å². The number of rotatable bonds is 13. The molecule has 0 saturated heterocycles. The Balaban J connectivity index is 1.21. The minimum atomic E-state index is -0.314. The summed E-state index contributed by atoms with van der Waals surface area (Å²) in [5.41, 5.74) is 2.51. The number of amides is 2. The maximum atomic E-state index is 13.8. The van der Waals surface area contributed by atoms with Crippen LogP contribution in [0.2, 0.25) is 0 Å². The molecule has 2 aromatic heterocycles. The smallest absolute Gasteiger partial charge is 0.258 e. The number of thiophene rings is 1. The van der Waals surface area contributed by atoms with Crippen LogP contribution in [0.1, 0.15) is 28.7 Å². The lowest BCUT2D eigenvalue weighted by Gasteiger charge is -2.22. The highest BCUT2D eigenvalue weighted by Gasteiger charge is 2.34. The molecular weight excluding hydrogens is 637 g/mol. The third-order valence-electron chi connectivity index (χ3n) is 7.38. The number of carbonyl (C=O) groups is 2. The second-order valence-electron chi connectivity index (χ2n) is 10.3. The number of ether oxygens (including phenoxy) is 3. The average molecular weight is 669 g/mol. The molecule has 0 spiro atoms. The molecule has 0 aliphatic carbocycles. The second kappa shape index (κ2) is 15.0. The zero-order chi connectivity index (χ0) is 32.6. The Labute approximate surface area is 280 Å². The van der Waals surface area contributed by atoms with E-state index in [0.29, 0.717) is 34.6 Å². The van der Waals surface area contributed by atoms with Crippen LogP contribution in [0.15, 0.2) is 107 Å². The Morgan fingerprint density at radius 3 is 2.45 bits per heavy atom. The first kappa shape index (κ1) is 31.8. The van der Waals surface area contributed by atoms with Crippen molar-refractivity contribution in [3.63, 3.8) is 0 Å². The second-order valence-corrected chi connectivity index (χ2v) is 12.2. The van der Waals surface area contributed by atoms with E-state index in [1.165, 1.54) is 11.8 Å². The maximum Gasteiger partial charge on any atom is 0.258 e. The summed E-state index contributed by atoms with van der Waals surface area (Å²) >= 11 is 2.84. The van der Waals surface area contributed by atoms with Crippen molar-refractivity contribution in [1.29, 1.82) is 0 Å². The van der Waals surface area contributed by atoms with Gasteiger partial charge in [-0.2, -0.15) is 5.10 Å². The summed E-state index contributed by atoms with van der Waals surface area (Å²) in [5.74, 6) is 1.96. The molecule has 5 aromatic rings. The molecule has 47 heavy (non-hydrogen) atoms. The lowest BCUT2D eigenvalue weighted by Crippen LogP contribution is -2.29. The lowest BCUT2D eigenvalue weighted by atomic mass is 10.0. The van der Waals surface area contributed by atoms with Gasteiger partial charge in [0.1, 0.15) is 17.2 Å². The van der Waals surface area contributed by atoms with Gasteiger partial charge in [0.25, 0.3) is 11.8 Å². The summed E-state index contributed by atoms with van der Waals surface area (Å²) in [5, 5.41) is 20.5. The Morgan fingerprint density at radius 1 is 0.915 bits per heavy atom. The van der Waals surface area contributed by atoms with E-state index in [2.05, 4.69) is 15.5 Å². The Kier molecular flexibility index (Phi) is 10.1. The van der Waals surface area contributed by atoms with E-state index in [0.717, 1.165) is 21.9 Å². The zero-order valence-corrected chi connectivity index (χ0v) is 27.4. The van der Waals surface area contributed by atoms with E-state index < -0.39 is 0 Å². The average Bonchev–Trinajstić information content (AvgIpc) is 3.90. The molecule has 1 N–H and O–H groups in total. The summed E-state index contributed by atoms with van der Waals surface area (Å²) in [6.45, 7) is -0.0707. The highest BCUT2D eigenvalue weighted by molar-refractivity contribution is 7.99. The van der Waals surface area contributed by atoms with Gasteiger partial charge < -0.3 is 19.5 Å². The van der Waals surface area contributed by atoms with Crippen LogP contribution in [0.25, 0.3) is 5.69 Å². The van der Waals surface area contributed by atoms with E-state index in [9.17, 15) is 9.59 Å². The highest BCUT2D eigenvalue weighted by Crippen LogP contribution is 2.36. The summed E-state index contributed by atoms with van der Waals surface area (Å²) in [6.07, 6.45) is 0.596.